The van der Waals surface area contributed by atoms with E-state index in [1.54, 1.807) is 13.2 Å². The maximum absolute atomic E-state index is 6.29. The molecule has 2 N–H and O–H groups in total. The number of rotatable bonds is 3. The Morgan fingerprint density at radius 1 is 0.955 bits per heavy atom. The summed E-state index contributed by atoms with van der Waals surface area (Å²) >= 11 is 6.29. The summed E-state index contributed by atoms with van der Waals surface area (Å²) in [6.07, 6.45) is 0. The number of anilines is 1. The number of nitrogens with two attached hydrogens (primary N) is 1. The van der Waals surface area contributed by atoms with Gasteiger partial charge in [-0.15, -0.1) is 0 Å². The van der Waals surface area contributed by atoms with Gasteiger partial charge in [-0.1, -0.05) is 41.9 Å². The van der Waals surface area contributed by atoms with Crippen LogP contribution in [0.15, 0.2) is 36.4 Å². The van der Waals surface area contributed by atoms with Gasteiger partial charge in [-0.05, 0) is 0 Å². The van der Waals surface area contributed by atoms with Crippen LogP contribution < -0.4 is 15.2 Å². The van der Waals surface area contributed by atoms with E-state index in [2.05, 4.69) is 9.97 Å². The number of methoxy groups -OCH3 is 2. The molecule has 0 radical (unpaired) electrons. The molecule has 5 nitrogen and oxygen atoms in total. The van der Waals surface area contributed by atoms with Gasteiger partial charge in [0.1, 0.15) is 28.2 Å². The van der Waals surface area contributed by atoms with Crippen LogP contribution in [0.1, 0.15) is 0 Å². The van der Waals surface area contributed by atoms with Gasteiger partial charge in [0, 0.05) is 11.6 Å². The standard InChI is InChI=1S/C16H14ClN3O2/c1-21-10-8-11(22-2)14-15(12(10)18)20-16(17)13(19-14)9-6-4-3-5-7-9/h3-8H,18H2,1-2H3. The van der Waals surface area contributed by atoms with Crippen LogP contribution >= 0.6 is 11.6 Å². The molecule has 0 saturated carbocycles. The molecule has 0 amide bonds. The van der Waals surface area contributed by atoms with Crippen molar-refractivity contribution < 1.29 is 9.47 Å². The van der Waals surface area contributed by atoms with Gasteiger partial charge in [-0.2, -0.15) is 0 Å². The summed E-state index contributed by atoms with van der Waals surface area (Å²) in [5.74, 6) is 1.00. The highest BCUT2D eigenvalue weighted by Gasteiger charge is 2.17. The molecule has 0 fully saturated rings. The van der Waals surface area contributed by atoms with Gasteiger partial charge in [0.05, 0.1) is 14.2 Å². The minimum absolute atomic E-state index is 0.278. The highest BCUT2D eigenvalue weighted by atomic mass is 35.5. The monoisotopic (exact) mass is 315 g/mol. The topological polar surface area (TPSA) is 70.3 Å². The average Bonchev–Trinajstić information content (AvgIpc) is 2.56. The van der Waals surface area contributed by atoms with E-state index >= 15 is 0 Å². The first kappa shape index (κ1) is 14.4. The Hall–Kier alpha value is -2.53. The summed E-state index contributed by atoms with van der Waals surface area (Å²) in [6, 6.07) is 11.3. The largest absolute Gasteiger partial charge is 0.494 e. The van der Waals surface area contributed by atoms with Crippen molar-refractivity contribution in [3.63, 3.8) is 0 Å². The minimum atomic E-state index is 0.278. The van der Waals surface area contributed by atoms with Gasteiger partial charge in [-0.3, -0.25) is 0 Å². The van der Waals surface area contributed by atoms with Crippen LogP contribution in [0.5, 0.6) is 11.5 Å². The summed E-state index contributed by atoms with van der Waals surface area (Å²) in [4.78, 5) is 8.98. The van der Waals surface area contributed by atoms with E-state index in [9.17, 15) is 0 Å². The van der Waals surface area contributed by atoms with E-state index < -0.39 is 0 Å². The third kappa shape index (κ3) is 2.29. The average molecular weight is 316 g/mol. The second kappa shape index (κ2) is 5.69. The first-order valence-electron chi connectivity index (χ1n) is 6.58. The van der Waals surface area contributed by atoms with Crippen LogP contribution in [-0.2, 0) is 0 Å². The van der Waals surface area contributed by atoms with Gasteiger partial charge < -0.3 is 15.2 Å². The normalized spacial score (nSPS) is 10.7. The van der Waals surface area contributed by atoms with Crippen LogP contribution in [0.3, 0.4) is 0 Å². The summed E-state index contributed by atoms with van der Waals surface area (Å²) in [5.41, 5.74) is 8.91. The molecule has 0 saturated heterocycles. The maximum atomic E-state index is 6.29. The second-order valence-electron chi connectivity index (χ2n) is 4.62. The van der Waals surface area contributed by atoms with E-state index in [0.29, 0.717) is 33.9 Å². The molecule has 0 atom stereocenters. The molecule has 0 aliphatic heterocycles. The smallest absolute Gasteiger partial charge is 0.156 e. The number of fused-ring (bicyclic) bond motifs is 1. The summed E-state index contributed by atoms with van der Waals surface area (Å²) < 4.78 is 10.6. The van der Waals surface area contributed by atoms with Crippen molar-refractivity contribution in [2.45, 2.75) is 0 Å². The van der Waals surface area contributed by atoms with Crippen molar-refractivity contribution in [1.29, 1.82) is 0 Å². The lowest BCUT2D eigenvalue weighted by Gasteiger charge is -2.13. The number of ether oxygens (including phenoxy) is 2. The molecule has 0 unspecified atom stereocenters. The third-order valence-electron chi connectivity index (χ3n) is 3.36. The van der Waals surface area contributed by atoms with Crippen molar-refractivity contribution in [2.75, 3.05) is 20.0 Å². The third-order valence-corrected chi connectivity index (χ3v) is 3.62. The summed E-state index contributed by atoms with van der Waals surface area (Å²) in [5, 5.41) is 0.278. The Morgan fingerprint density at radius 2 is 1.64 bits per heavy atom. The zero-order chi connectivity index (χ0) is 15.7. The fourth-order valence-electron chi connectivity index (χ4n) is 2.26. The van der Waals surface area contributed by atoms with Crippen LogP contribution in [0.4, 0.5) is 5.69 Å². The lowest BCUT2D eigenvalue weighted by atomic mass is 10.1. The van der Waals surface area contributed by atoms with Gasteiger partial charge in [-0.25, -0.2) is 9.97 Å². The fourth-order valence-corrected chi connectivity index (χ4v) is 2.50. The number of nitrogen functional groups attached to an aromatic ring is 1. The van der Waals surface area contributed by atoms with Crippen molar-refractivity contribution in [3.05, 3.63) is 41.6 Å². The molecule has 0 spiro atoms. The predicted octanol–water partition coefficient (Wildman–Crippen LogP) is 3.55. The quantitative estimate of drug-likeness (QED) is 0.748. The van der Waals surface area contributed by atoms with Gasteiger partial charge >= 0.3 is 0 Å². The van der Waals surface area contributed by atoms with E-state index in [0.717, 1.165) is 5.56 Å². The van der Waals surface area contributed by atoms with E-state index in [1.807, 2.05) is 30.3 Å². The molecule has 6 heteroatoms. The molecule has 3 aromatic rings. The zero-order valence-corrected chi connectivity index (χ0v) is 12.9. The minimum Gasteiger partial charge on any atom is -0.494 e. The Balaban J connectivity index is 2.34. The van der Waals surface area contributed by atoms with Crippen LogP contribution in [0.2, 0.25) is 5.15 Å². The number of hydrogen-bond acceptors (Lipinski definition) is 5. The zero-order valence-electron chi connectivity index (χ0n) is 12.1. The molecule has 3 rings (SSSR count). The molecule has 0 aliphatic carbocycles. The number of nitrogens with zero attached hydrogens (tertiary/aromatic N) is 2. The second-order valence-corrected chi connectivity index (χ2v) is 4.98. The van der Waals surface area contributed by atoms with Crippen molar-refractivity contribution in [3.8, 4) is 22.8 Å². The number of benzene rings is 2. The first-order chi connectivity index (χ1) is 10.7. The maximum Gasteiger partial charge on any atom is 0.156 e. The van der Waals surface area contributed by atoms with Crippen molar-refractivity contribution in [2.24, 2.45) is 0 Å². The molecule has 22 heavy (non-hydrogen) atoms. The van der Waals surface area contributed by atoms with Gasteiger partial charge in [0.2, 0.25) is 0 Å². The molecule has 0 aliphatic rings. The lowest BCUT2D eigenvalue weighted by molar-refractivity contribution is 0.398. The SMILES string of the molecule is COc1cc(OC)c2nc(-c3ccccc3)c(Cl)nc2c1N. The molecular weight excluding hydrogens is 302 g/mol. The van der Waals surface area contributed by atoms with Crippen molar-refractivity contribution in [1.82, 2.24) is 9.97 Å². The van der Waals surface area contributed by atoms with Crippen LogP contribution in [0, 0.1) is 0 Å². The molecule has 112 valence electrons. The lowest BCUT2D eigenvalue weighted by Crippen LogP contribution is -2.00. The molecule has 0 bridgehead atoms. The van der Waals surface area contributed by atoms with E-state index in [1.165, 1.54) is 7.11 Å². The highest BCUT2D eigenvalue weighted by molar-refractivity contribution is 6.32. The number of aromatic nitrogens is 2. The van der Waals surface area contributed by atoms with E-state index in [-0.39, 0.29) is 5.15 Å². The molecule has 2 aromatic carbocycles. The molecular formula is C16H14ClN3O2. The fraction of sp³-hybridized carbons (Fsp3) is 0.125. The number of hydrogen-bond donors (Lipinski definition) is 1. The predicted molar refractivity (Wildman–Crippen MR) is 87.5 cm³/mol. The first-order valence-corrected chi connectivity index (χ1v) is 6.96. The Morgan fingerprint density at radius 3 is 2.27 bits per heavy atom. The molecule has 1 heterocycles. The van der Waals surface area contributed by atoms with Crippen LogP contribution in [-0.4, -0.2) is 24.2 Å². The summed E-state index contributed by atoms with van der Waals surface area (Å²) in [6.45, 7) is 0. The van der Waals surface area contributed by atoms with Crippen LogP contribution in [0.25, 0.3) is 22.3 Å². The Bertz CT molecular complexity index is 838. The number of halogens is 1. The Labute approximate surface area is 132 Å². The summed E-state index contributed by atoms with van der Waals surface area (Å²) in [7, 11) is 3.09. The van der Waals surface area contributed by atoms with Gasteiger partial charge in [0.15, 0.2) is 10.9 Å². The van der Waals surface area contributed by atoms with Gasteiger partial charge in [0.25, 0.3) is 0 Å². The van der Waals surface area contributed by atoms with Crippen molar-refractivity contribution >= 4 is 28.3 Å². The highest BCUT2D eigenvalue weighted by Crippen LogP contribution is 2.38. The molecule has 1 aromatic heterocycles. The Kier molecular flexibility index (Phi) is 3.73. The van der Waals surface area contributed by atoms with E-state index in [4.69, 9.17) is 26.8 Å².